The first kappa shape index (κ1) is 18.8. The Morgan fingerprint density at radius 3 is 2.94 bits per heavy atom. The molecule has 0 unspecified atom stereocenters. The van der Waals surface area contributed by atoms with E-state index in [1.165, 1.54) is 33.3 Å². The molecule has 3 heterocycles. The molecule has 4 aliphatic rings. The number of aromatic hydroxyl groups is 1. The summed E-state index contributed by atoms with van der Waals surface area (Å²) in [6.07, 6.45) is 4.49. The van der Waals surface area contributed by atoms with Crippen LogP contribution < -0.4 is 4.74 Å². The van der Waals surface area contributed by atoms with Crippen LogP contribution in [0.2, 0.25) is 0 Å². The van der Waals surface area contributed by atoms with Crippen molar-refractivity contribution in [2.75, 3.05) is 20.2 Å². The standard InChI is InChI=1S/C27H28N2O3/c1-4-12-29-13-11-26-22-16-9-10-20(30)24(22)32-25(26)23-18(15-27(26,31-3)21(29)14-16)17-7-5-6-8-19(17)28(23)2/h4-10,21,25,30H,1,11-15H2,2-3H3/t21-,25-,26-,27+/m0/s1. The highest BCUT2D eigenvalue weighted by Crippen LogP contribution is 2.70. The molecule has 0 amide bonds. The fraction of sp³-hybridized carbons (Fsp3) is 0.407. The number of aryl methyl sites for hydroxylation is 1. The summed E-state index contributed by atoms with van der Waals surface area (Å²) in [7, 11) is 4.03. The van der Waals surface area contributed by atoms with Crippen LogP contribution in [-0.2, 0) is 30.0 Å². The number of para-hydroxylation sites is 1. The van der Waals surface area contributed by atoms with Crippen LogP contribution in [0.25, 0.3) is 10.9 Å². The molecule has 5 nitrogen and oxygen atoms in total. The number of hydrogen-bond donors (Lipinski definition) is 1. The molecule has 0 saturated carbocycles. The number of ether oxygens (including phenoxy) is 2. The summed E-state index contributed by atoms with van der Waals surface area (Å²) >= 11 is 0. The van der Waals surface area contributed by atoms with E-state index in [0.717, 1.165) is 32.4 Å². The number of aromatic nitrogens is 1. The van der Waals surface area contributed by atoms with E-state index in [1.807, 2.05) is 13.2 Å². The number of rotatable bonds is 3. The van der Waals surface area contributed by atoms with E-state index >= 15 is 0 Å². The van der Waals surface area contributed by atoms with Gasteiger partial charge in [-0.25, -0.2) is 0 Å². The van der Waals surface area contributed by atoms with Crippen molar-refractivity contribution in [1.29, 1.82) is 0 Å². The topological polar surface area (TPSA) is 46.9 Å². The lowest BCUT2D eigenvalue weighted by Crippen LogP contribution is -2.75. The fourth-order valence-electron chi connectivity index (χ4n) is 7.83. The van der Waals surface area contributed by atoms with Gasteiger partial charge in [0.1, 0.15) is 5.60 Å². The molecule has 7 rings (SSSR count). The zero-order chi connectivity index (χ0) is 21.8. The van der Waals surface area contributed by atoms with Crippen LogP contribution in [0.3, 0.4) is 0 Å². The third-order valence-corrected chi connectivity index (χ3v) is 8.97. The Morgan fingerprint density at radius 1 is 1.28 bits per heavy atom. The van der Waals surface area contributed by atoms with E-state index in [1.54, 1.807) is 6.07 Å². The highest BCUT2D eigenvalue weighted by Gasteiger charge is 2.73. The molecular weight excluding hydrogens is 400 g/mol. The molecular formula is C27H28N2O3. The SMILES string of the molecule is C=CCN1CC[C@]23c4c5ccc(O)c4O[C@H]2c2c(c4ccccc4n2C)C[C@@]3(OC)[C@@H]1C5. The molecule has 4 atom stereocenters. The first-order valence-corrected chi connectivity index (χ1v) is 11.6. The minimum Gasteiger partial charge on any atom is -0.504 e. The Balaban J connectivity index is 1.61. The van der Waals surface area contributed by atoms with Crippen molar-refractivity contribution in [2.24, 2.45) is 7.05 Å². The number of likely N-dealkylation sites (tertiary alicyclic amines) is 1. The van der Waals surface area contributed by atoms with Gasteiger partial charge in [-0.1, -0.05) is 30.3 Å². The molecule has 1 spiro atoms. The van der Waals surface area contributed by atoms with Crippen LogP contribution >= 0.6 is 0 Å². The lowest BCUT2D eigenvalue weighted by molar-refractivity contribution is -0.188. The summed E-state index contributed by atoms with van der Waals surface area (Å²) in [4.78, 5) is 2.54. The van der Waals surface area contributed by atoms with E-state index < -0.39 is 5.60 Å². The minimum atomic E-state index is -0.428. The summed E-state index contributed by atoms with van der Waals surface area (Å²) in [6.45, 7) is 5.84. The van der Waals surface area contributed by atoms with Gasteiger partial charge in [-0.3, -0.25) is 4.90 Å². The lowest BCUT2D eigenvalue weighted by Gasteiger charge is -2.64. The van der Waals surface area contributed by atoms with Crippen molar-refractivity contribution in [2.45, 2.75) is 42.4 Å². The van der Waals surface area contributed by atoms with Gasteiger partial charge in [-0.2, -0.15) is 0 Å². The smallest absolute Gasteiger partial charge is 0.166 e. The second-order valence-electron chi connectivity index (χ2n) is 9.88. The number of methoxy groups -OCH3 is 1. The van der Waals surface area contributed by atoms with Crippen molar-refractivity contribution in [1.82, 2.24) is 9.47 Å². The van der Waals surface area contributed by atoms with Crippen LogP contribution in [0, 0.1) is 0 Å². The molecule has 5 heteroatoms. The second-order valence-corrected chi connectivity index (χ2v) is 9.88. The third-order valence-electron chi connectivity index (χ3n) is 8.97. The highest BCUT2D eigenvalue weighted by atomic mass is 16.5. The lowest BCUT2D eigenvalue weighted by atomic mass is 9.48. The van der Waals surface area contributed by atoms with Gasteiger partial charge in [0.15, 0.2) is 17.6 Å². The molecule has 1 N–H and O–H groups in total. The second kappa shape index (κ2) is 5.97. The van der Waals surface area contributed by atoms with Gasteiger partial charge < -0.3 is 19.1 Å². The van der Waals surface area contributed by atoms with E-state index in [4.69, 9.17) is 9.47 Å². The quantitative estimate of drug-likeness (QED) is 0.641. The minimum absolute atomic E-state index is 0.181. The molecule has 1 saturated heterocycles. The predicted molar refractivity (Wildman–Crippen MR) is 123 cm³/mol. The summed E-state index contributed by atoms with van der Waals surface area (Å²) < 4.78 is 15.8. The number of hydrogen-bond acceptors (Lipinski definition) is 4. The predicted octanol–water partition coefficient (Wildman–Crippen LogP) is 4.01. The number of nitrogens with zero attached hydrogens (tertiary/aromatic N) is 2. The van der Waals surface area contributed by atoms with Gasteiger partial charge in [0.25, 0.3) is 0 Å². The van der Waals surface area contributed by atoms with Crippen molar-refractivity contribution in [3.8, 4) is 11.5 Å². The summed E-state index contributed by atoms with van der Waals surface area (Å²) in [5.74, 6) is 0.910. The number of piperidine rings is 1. The molecule has 0 radical (unpaired) electrons. The third kappa shape index (κ3) is 1.83. The summed E-state index contributed by atoms with van der Waals surface area (Å²) in [5.41, 5.74) is 5.51. The van der Waals surface area contributed by atoms with Crippen LogP contribution in [0.5, 0.6) is 11.5 Å². The molecule has 32 heavy (non-hydrogen) atoms. The van der Waals surface area contributed by atoms with Gasteiger partial charge in [-0.15, -0.1) is 6.58 Å². The van der Waals surface area contributed by atoms with Gasteiger partial charge in [0, 0.05) is 56.2 Å². The van der Waals surface area contributed by atoms with Gasteiger partial charge in [0.2, 0.25) is 0 Å². The number of fused-ring (bicyclic) bond motifs is 4. The average Bonchev–Trinajstić information content (AvgIpc) is 3.29. The van der Waals surface area contributed by atoms with Gasteiger partial charge in [0.05, 0.1) is 11.1 Å². The first-order valence-electron chi connectivity index (χ1n) is 11.6. The maximum absolute atomic E-state index is 10.9. The van der Waals surface area contributed by atoms with Crippen LogP contribution in [-0.4, -0.2) is 46.4 Å². The Labute approximate surface area is 187 Å². The van der Waals surface area contributed by atoms with Crippen molar-refractivity contribution in [3.05, 3.63) is 71.4 Å². The van der Waals surface area contributed by atoms with Gasteiger partial charge in [-0.05, 0) is 36.1 Å². The highest BCUT2D eigenvalue weighted by molar-refractivity contribution is 5.87. The summed E-state index contributed by atoms with van der Waals surface area (Å²) in [6, 6.07) is 12.8. The largest absolute Gasteiger partial charge is 0.504 e. The maximum atomic E-state index is 10.9. The molecule has 2 aliphatic heterocycles. The van der Waals surface area contributed by atoms with Crippen LogP contribution in [0.4, 0.5) is 0 Å². The summed E-state index contributed by atoms with van der Waals surface area (Å²) in [5, 5.41) is 12.1. The Kier molecular flexibility index (Phi) is 3.50. The van der Waals surface area contributed by atoms with Crippen molar-refractivity contribution in [3.63, 3.8) is 0 Å². The zero-order valence-corrected chi connectivity index (χ0v) is 18.6. The molecule has 2 bridgehead atoms. The van der Waals surface area contributed by atoms with E-state index in [0.29, 0.717) is 5.75 Å². The monoisotopic (exact) mass is 428 g/mol. The molecule has 164 valence electrons. The Morgan fingerprint density at radius 2 is 2.12 bits per heavy atom. The maximum Gasteiger partial charge on any atom is 0.166 e. The molecule has 2 aliphatic carbocycles. The normalized spacial score (nSPS) is 31.8. The number of phenols is 1. The van der Waals surface area contributed by atoms with Gasteiger partial charge >= 0.3 is 0 Å². The van der Waals surface area contributed by atoms with E-state index in [-0.39, 0.29) is 23.3 Å². The molecule has 1 aromatic heterocycles. The fourth-order valence-corrected chi connectivity index (χ4v) is 7.83. The van der Waals surface area contributed by atoms with Crippen LogP contribution in [0.1, 0.15) is 34.9 Å². The van der Waals surface area contributed by atoms with Crippen LogP contribution in [0.15, 0.2) is 49.1 Å². The average molecular weight is 429 g/mol. The number of phenolic OH excluding ortho intramolecular Hbond substituents is 1. The molecule has 1 fully saturated rings. The van der Waals surface area contributed by atoms with Crippen molar-refractivity contribution < 1.29 is 14.6 Å². The van der Waals surface area contributed by atoms with E-state index in [2.05, 4.69) is 53.4 Å². The zero-order valence-electron chi connectivity index (χ0n) is 18.6. The molecule has 3 aromatic rings. The van der Waals surface area contributed by atoms with E-state index in [9.17, 15) is 5.11 Å². The Hall–Kier alpha value is -2.76. The van der Waals surface area contributed by atoms with Crippen molar-refractivity contribution >= 4 is 10.9 Å². The Bertz CT molecular complexity index is 1310. The first-order chi connectivity index (χ1) is 15.6. The molecule has 2 aromatic carbocycles. The number of benzene rings is 2.